The number of hydrogen-bond donors (Lipinski definition) is 2. The van der Waals surface area contributed by atoms with Gasteiger partial charge in [-0.25, -0.2) is 0 Å². The molecule has 0 spiro atoms. The Morgan fingerprint density at radius 3 is 3.00 bits per heavy atom. The predicted octanol–water partition coefficient (Wildman–Crippen LogP) is 0.798. The van der Waals surface area contributed by atoms with E-state index in [0.29, 0.717) is 12.3 Å². The molecule has 2 N–H and O–H groups in total. The van der Waals surface area contributed by atoms with Crippen LogP contribution in [0.15, 0.2) is 0 Å². The largest absolute Gasteiger partial charge is 0.480 e. The van der Waals surface area contributed by atoms with Gasteiger partial charge in [-0.3, -0.25) is 9.69 Å². The van der Waals surface area contributed by atoms with Gasteiger partial charge in [0.05, 0.1) is 6.61 Å². The number of hydrogen-bond acceptors (Lipinski definition) is 4. The molecule has 1 aliphatic rings. The van der Waals surface area contributed by atoms with E-state index in [9.17, 15) is 9.90 Å². The van der Waals surface area contributed by atoms with E-state index in [0.717, 1.165) is 39.2 Å². The molecule has 1 saturated heterocycles. The summed E-state index contributed by atoms with van der Waals surface area (Å²) in [5, 5.41) is 12.5. The SMILES string of the molecule is CCC(C(=O)O)N1CCCC(CNCCOC)C1. The van der Waals surface area contributed by atoms with E-state index in [1.165, 1.54) is 6.42 Å². The van der Waals surface area contributed by atoms with Crippen molar-refractivity contribution in [1.82, 2.24) is 10.2 Å². The van der Waals surface area contributed by atoms with Crippen molar-refractivity contribution in [2.24, 2.45) is 5.92 Å². The molecule has 18 heavy (non-hydrogen) atoms. The Hall–Kier alpha value is -0.650. The van der Waals surface area contributed by atoms with Crippen LogP contribution in [0.5, 0.6) is 0 Å². The molecule has 1 rings (SSSR count). The second kappa shape index (κ2) is 8.45. The molecule has 1 aliphatic heterocycles. The van der Waals surface area contributed by atoms with Crippen molar-refractivity contribution in [2.45, 2.75) is 32.2 Å². The Morgan fingerprint density at radius 1 is 1.61 bits per heavy atom. The lowest BCUT2D eigenvalue weighted by Gasteiger charge is -2.36. The van der Waals surface area contributed by atoms with Gasteiger partial charge in [0, 0.05) is 20.2 Å². The molecule has 0 bridgehead atoms. The Balaban J connectivity index is 2.33. The van der Waals surface area contributed by atoms with Crippen LogP contribution in [-0.4, -0.2) is 61.9 Å². The van der Waals surface area contributed by atoms with Crippen molar-refractivity contribution in [1.29, 1.82) is 0 Å². The Bertz CT molecular complexity index is 248. The predicted molar refractivity (Wildman–Crippen MR) is 70.8 cm³/mol. The van der Waals surface area contributed by atoms with Gasteiger partial charge in [0.25, 0.3) is 0 Å². The monoisotopic (exact) mass is 258 g/mol. The molecular formula is C13H26N2O3. The first-order chi connectivity index (χ1) is 8.69. The summed E-state index contributed by atoms with van der Waals surface area (Å²) in [6, 6.07) is -0.313. The molecule has 1 fully saturated rings. The van der Waals surface area contributed by atoms with Crippen LogP contribution in [0.2, 0.25) is 0 Å². The lowest BCUT2D eigenvalue weighted by atomic mass is 9.96. The normalized spacial score (nSPS) is 22.9. The number of likely N-dealkylation sites (tertiary alicyclic amines) is 1. The number of carboxylic acids is 1. The van der Waals surface area contributed by atoms with Gasteiger partial charge in [-0.15, -0.1) is 0 Å². The molecule has 0 saturated carbocycles. The standard InChI is InChI=1S/C13H26N2O3/c1-3-12(13(16)17)15-7-4-5-11(10-15)9-14-6-8-18-2/h11-12,14H,3-10H2,1-2H3,(H,16,17). The van der Waals surface area contributed by atoms with Gasteiger partial charge in [-0.05, 0) is 38.3 Å². The highest BCUT2D eigenvalue weighted by atomic mass is 16.5. The number of ether oxygens (including phenoxy) is 1. The number of rotatable bonds is 8. The Kier molecular flexibility index (Phi) is 7.23. The molecule has 0 aromatic rings. The quantitative estimate of drug-likeness (QED) is 0.631. The summed E-state index contributed by atoms with van der Waals surface area (Å²) in [6.45, 7) is 6.30. The minimum atomic E-state index is -0.689. The van der Waals surface area contributed by atoms with E-state index in [4.69, 9.17) is 4.74 Å². The van der Waals surface area contributed by atoms with Crippen molar-refractivity contribution in [3.05, 3.63) is 0 Å². The summed E-state index contributed by atoms with van der Waals surface area (Å²) < 4.78 is 4.99. The maximum atomic E-state index is 11.2. The van der Waals surface area contributed by atoms with Gasteiger partial charge in [-0.2, -0.15) is 0 Å². The van der Waals surface area contributed by atoms with Crippen LogP contribution in [0.3, 0.4) is 0 Å². The number of nitrogens with zero attached hydrogens (tertiary/aromatic N) is 1. The van der Waals surface area contributed by atoms with E-state index in [1.807, 2.05) is 6.92 Å². The maximum absolute atomic E-state index is 11.2. The molecule has 0 aromatic heterocycles. The van der Waals surface area contributed by atoms with Crippen molar-refractivity contribution in [3.8, 4) is 0 Å². The molecular weight excluding hydrogens is 232 g/mol. The molecule has 5 nitrogen and oxygen atoms in total. The third-order valence-electron chi connectivity index (χ3n) is 3.58. The number of piperidine rings is 1. The first-order valence-corrected chi connectivity index (χ1v) is 6.85. The van der Waals surface area contributed by atoms with Gasteiger partial charge < -0.3 is 15.2 Å². The van der Waals surface area contributed by atoms with Crippen molar-refractivity contribution >= 4 is 5.97 Å². The van der Waals surface area contributed by atoms with Crippen molar-refractivity contribution in [3.63, 3.8) is 0 Å². The van der Waals surface area contributed by atoms with Crippen LogP contribution in [0.4, 0.5) is 0 Å². The molecule has 2 unspecified atom stereocenters. The van der Waals surface area contributed by atoms with E-state index >= 15 is 0 Å². The third kappa shape index (κ3) is 4.92. The second-order valence-corrected chi connectivity index (χ2v) is 4.96. The number of aliphatic carboxylic acids is 1. The number of methoxy groups -OCH3 is 1. The zero-order chi connectivity index (χ0) is 13.4. The zero-order valence-electron chi connectivity index (χ0n) is 11.5. The van der Waals surface area contributed by atoms with Gasteiger partial charge in [0.15, 0.2) is 0 Å². The van der Waals surface area contributed by atoms with E-state index < -0.39 is 5.97 Å². The third-order valence-corrected chi connectivity index (χ3v) is 3.58. The maximum Gasteiger partial charge on any atom is 0.320 e. The molecule has 2 atom stereocenters. The van der Waals surface area contributed by atoms with Crippen LogP contribution < -0.4 is 5.32 Å². The zero-order valence-corrected chi connectivity index (χ0v) is 11.5. The molecule has 0 radical (unpaired) electrons. The van der Waals surface area contributed by atoms with Crippen LogP contribution in [0.25, 0.3) is 0 Å². The molecule has 5 heteroatoms. The number of carboxylic acid groups (broad SMARTS) is 1. The van der Waals surface area contributed by atoms with Gasteiger partial charge in [-0.1, -0.05) is 6.92 Å². The molecule has 0 aromatic carbocycles. The van der Waals surface area contributed by atoms with E-state index in [2.05, 4.69) is 10.2 Å². The smallest absolute Gasteiger partial charge is 0.320 e. The Labute approximate surface area is 109 Å². The Morgan fingerprint density at radius 2 is 2.39 bits per heavy atom. The minimum absolute atomic E-state index is 0.313. The van der Waals surface area contributed by atoms with Crippen molar-refractivity contribution in [2.75, 3.05) is 39.9 Å². The fourth-order valence-electron chi connectivity index (χ4n) is 2.62. The number of carbonyl (C=O) groups is 1. The average Bonchev–Trinajstić information content (AvgIpc) is 2.36. The molecule has 0 amide bonds. The summed E-state index contributed by atoms with van der Waals surface area (Å²) in [5.41, 5.74) is 0. The topological polar surface area (TPSA) is 61.8 Å². The van der Waals surface area contributed by atoms with Crippen molar-refractivity contribution < 1.29 is 14.6 Å². The summed E-state index contributed by atoms with van der Waals surface area (Å²) in [5.74, 6) is -0.130. The minimum Gasteiger partial charge on any atom is -0.480 e. The molecule has 0 aliphatic carbocycles. The second-order valence-electron chi connectivity index (χ2n) is 4.96. The number of nitrogens with one attached hydrogen (secondary N) is 1. The highest BCUT2D eigenvalue weighted by Crippen LogP contribution is 2.19. The highest BCUT2D eigenvalue weighted by Gasteiger charge is 2.28. The van der Waals surface area contributed by atoms with Crippen LogP contribution in [0.1, 0.15) is 26.2 Å². The van der Waals surface area contributed by atoms with Gasteiger partial charge >= 0.3 is 5.97 Å². The lowest BCUT2D eigenvalue weighted by molar-refractivity contribution is -0.144. The fourth-order valence-corrected chi connectivity index (χ4v) is 2.62. The summed E-state index contributed by atoms with van der Waals surface area (Å²) >= 11 is 0. The first-order valence-electron chi connectivity index (χ1n) is 6.85. The average molecular weight is 258 g/mol. The summed E-state index contributed by atoms with van der Waals surface area (Å²) in [7, 11) is 1.70. The van der Waals surface area contributed by atoms with Crippen LogP contribution >= 0.6 is 0 Å². The first kappa shape index (κ1) is 15.4. The van der Waals surface area contributed by atoms with Crippen LogP contribution in [0, 0.1) is 5.92 Å². The fraction of sp³-hybridized carbons (Fsp3) is 0.923. The van der Waals surface area contributed by atoms with Gasteiger partial charge in [0.1, 0.15) is 6.04 Å². The molecule has 106 valence electrons. The van der Waals surface area contributed by atoms with Crippen LogP contribution in [-0.2, 0) is 9.53 Å². The summed E-state index contributed by atoms with van der Waals surface area (Å²) in [4.78, 5) is 13.3. The van der Waals surface area contributed by atoms with E-state index in [1.54, 1.807) is 7.11 Å². The summed E-state index contributed by atoms with van der Waals surface area (Å²) in [6.07, 6.45) is 2.96. The van der Waals surface area contributed by atoms with Gasteiger partial charge in [0.2, 0.25) is 0 Å². The lowest BCUT2D eigenvalue weighted by Crippen LogP contribution is -2.48. The molecule has 1 heterocycles. The van der Waals surface area contributed by atoms with E-state index in [-0.39, 0.29) is 6.04 Å². The highest BCUT2D eigenvalue weighted by molar-refractivity contribution is 5.73.